The summed E-state index contributed by atoms with van der Waals surface area (Å²) in [5, 5.41) is 15.3. The number of carbonyl (C=O) groups excluding carboxylic acids is 1. The fourth-order valence-corrected chi connectivity index (χ4v) is 2.35. The number of carboxylic acids is 1. The summed E-state index contributed by atoms with van der Waals surface area (Å²) in [6, 6.07) is 5.21. The molecule has 0 radical (unpaired) electrons. The predicted molar refractivity (Wildman–Crippen MR) is 75.5 cm³/mol. The zero-order valence-electron chi connectivity index (χ0n) is 10.5. The van der Waals surface area contributed by atoms with Crippen molar-refractivity contribution in [2.75, 3.05) is 6.54 Å². The van der Waals surface area contributed by atoms with Gasteiger partial charge in [0.25, 0.3) is 5.91 Å². The molecule has 0 aromatic carbocycles. The van der Waals surface area contributed by atoms with Gasteiger partial charge in [0.05, 0.1) is 11.4 Å². The van der Waals surface area contributed by atoms with Crippen LogP contribution in [0.2, 0.25) is 0 Å². The van der Waals surface area contributed by atoms with Gasteiger partial charge < -0.3 is 10.4 Å². The molecule has 0 aliphatic carbocycles. The Bertz CT molecular complexity index is 617. The van der Waals surface area contributed by atoms with Gasteiger partial charge in [0.2, 0.25) is 0 Å². The van der Waals surface area contributed by atoms with Crippen LogP contribution in [0.25, 0.3) is 6.08 Å². The summed E-state index contributed by atoms with van der Waals surface area (Å²) in [5.41, 5.74) is 0. The maximum Gasteiger partial charge on any atom is 0.328 e. The minimum atomic E-state index is -1.01. The van der Waals surface area contributed by atoms with Crippen molar-refractivity contribution in [3.63, 3.8) is 0 Å². The maximum atomic E-state index is 11.9. The van der Waals surface area contributed by atoms with Crippen LogP contribution in [0, 0.1) is 0 Å². The third-order valence-corrected chi connectivity index (χ3v) is 3.48. The molecule has 104 valence electrons. The fraction of sp³-hybridized carbons (Fsp3) is 0.154. The van der Waals surface area contributed by atoms with E-state index >= 15 is 0 Å². The lowest BCUT2D eigenvalue weighted by molar-refractivity contribution is -0.131. The van der Waals surface area contributed by atoms with E-state index in [2.05, 4.69) is 10.4 Å². The minimum absolute atomic E-state index is 0.169. The normalized spacial score (nSPS) is 10.8. The van der Waals surface area contributed by atoms with Crippen molar-refractivity contribution in [3.05, 3.63) is 46.4 Å². The van der Waals surface area contributed by atoms with Crippen molar-refractivity contribution < 1.29 is 14.7 Å². The van der Waals surface area contributed by atoms with Crippen molar-refractivity contribution in [2.24, 2.45) is 0 Å². The van der Waals surface area contributed by atoms with E-state index in [4.69, 9.17) is 5.11 Å². The number of aliphatic carboxylic acids is 1. The summed E-state index contributed by atoms with van der Waals surface area (Å²) in [6.07, 6.45) is 6.02. The van der Waals surface area contributed by atoms with Gasteiger partial charge in [0, 0.05) is 29.9 Å². The highest BCUT2D eigenvalue weighted by Gasteiger charge is 2.07. The van der Waals surface area contributed by atoms with E-state index < -0.39 is 5.97 Å². The molecule has 0 saturated carbocycles. The molecule has 0 saturated heterocycles. The molecule has 2 aromatic heterocycles. The van der Waals surface area contributed by atoms with Gasteiger partial charge in [0.1, 0.15) is 0 Å². The predicted octanol–water partition coefficient (Wildman–Crippen LogP) is 1.47. The number of carbonyl (C=O) groups is 2. The molecule has 0 bridgehead atoms. The number of nitrogens with one attached hydrogen (secondary N) is 1. The Labute approximate surface area is 119 Å². The highest BCUT2D eigenvalue weighted by atomic mass is 32.1. The van der Waals surface area contributed by atoms with Crippen LogP contribution in [-0.4, -0.2) is 33.3 Å². The van der Waals surface area contributed by atoms with Gasteiger partial charge in [0.15, 0.2) is 0 Å². The molecule has 2 aromatic rings. The second-order valence-electron chi connectivity index (χ2n) is 3.90. The van der Waals surface area contributed by atoms with Crippen LogP contribution in [0.15, 0.2) is 36.7 Å². The van der Waals surface area contributed by atoms with E-state index in [9.17, 15) is 9.59 Å². The SMILES string of the molecule is O=C(O)C=Cc1ccc(C(=O)NCCn2cccn2)s1. The Morgan fingerprint density at radius 2 is 2.30 bits per heavy atom. The van der Waals surface area contributed by atoms with Crippen LogP contribution in [0.1, 0.15) is 14.5 Å². The van der Waals surface area contributed by atoms with E-state index in [-0.39, 0.29) is 5.91 Å². The number of hydrogen-bond acceptors (Lipinski definition) is 4. The average molecular weight is 291 g/mol. The van der Waals surface area contributed by atoms with Gasteiger partial charge in [-0.3, -0.25) is 9.48 Å². The first kappa shape index (κ1) is 14.0. The molecule has 0 atom stereocenters. The summed E-state index contributed by atoms with van der Waals surface area (Å²) in [4.78, 5) is 23.5. The highest BCUT2D eigenvalue weighted by molar-refractivity contribution is 7.14. The van der Waals surface area contributed by atoms with E-state index in [1.165, 1.54) is 17.4 Å². The molecular weight excluding hydrogens is 278 g/mol. The lowest BCUT2D eigenvalue weighted by Crippen LogP contribution is -2.26. The molecule has 0 spiro atoms. The number of hydrogen-bond donors (Lipinski definition) is 2. The topological polar surface area (TPSA) is 84.2 Å². The first-order valence-corrected chi connectivity index (χ1v) is 6.73. The van der Waals surface area contributed by atoms with Crippen LogP contribution in [-0.2, 0) is 11.3 Å². The van der Waals surface area contributed by atoms with Crippen LogP contribution in [0.4, 0.5) is 0 Å². The lowest BCUT2D eigenvalue weighted by Gasteiger charge is -2.03. The van der Waals surface area contributed by atoms with Gasteiger partial charge in [-0.15, -0.1) is 11.3 Å². The zero-order valence-corrected chi connectivity index (χ0v) is 11.3. The summed E-state index contributed by atoms with van der Waals surface area (Å²) in [7, 11) is 0. The van der Waals surface area contributed by atoms with Crippen molar-refractivity contribution in [3.8, 4) is 0 Å². The van der Waals surface area contributed by atoms with Gasteiger partial charge in [-0.1, -0.05) is 0 Å². The van der Waals surface area contributed by atoms with Crippen molar-refractivity contribution in [1.82, 2.24) is 15.1 Å². The summed E-state index contributed by atoms with van der Waals surface area (Å²) in [5.74, 6) is -1.18. The first-order chi connectivity index (χ1) is 9.65. The molecule has 2 heterocycles. The summed E-state index contributed by atoms with van der Waals surface area (Å²) in [6.45, 7) is 1.09. The number of amides is 1. The molecule has 0 aliphatic heterocycles. The Hall–Kier alpha value is -2.41. The number of nitrogens with zero attached hydrogens (tertiary/aromatic N) is 2. The molecular formula is C13H13N3O3S. The lowest BCUT2D eigenvalue weighted by atomic mass is 10.4. The number of carboxylic acid groups (broad SMARTS) is 1. The second-order valence-corrected chi connectivity index (χ2v) is 5.01. The average Bonchev–Trinajstić information content (AvgIpc) is 3.07. The fourth-order valence-electron chi connectivity index (χ4n) is 1.52. The van der Waals surface area contributed by atoms with E-state index in [1.54, 1.807) is 23.0 Å². The van der Waals surface area contributed by atoms with Gasteiger partial charge in [-0.2, -0.15) is 5.10 Å². The van der Waals surface area contributed by atoms with Gasteiger partial charge in [-0.25, -0.2) is 4.79 Å². The molecule has 1 amide bonds. The first-order valence-electron chi connectivity index (χ1n) is 5.91. The molecule has 6 nitrogen and oxygen atoms in total. The van der Waals surface area contributed by atoms with Crippen molar-refractivity contribution in [2.45, 2.75) is 6.54 Å². The number of aromatic nitrogens is 2. The largest absolute Gasteiger partial charge is 0.478 e. The second kappa shape index (κ2) is 6.67. The molecule has 2 N–H and O–H groups in total. The van der Waals surface area contributed by atoms with Crippen molar-refractivity contribution >= 4 is 29.3 Å². The Kier molecular flexibility index (Phi) is 4.67. The highest BCUT2D eigenvalue weighted by Crippen LogP contribution is 2.17. The molecule has 7 heteroatoms. The monoisotopic (exact) mass is 291 g/mol. The Balaban J connectivity index is 1.84. The molecule has 0 unspecified atom stereocenters. The third-order valence-electron chi connectivity index (χ3n) is 2.43. The summed E-state index contributed by atoms with van der Waals surface area (Å²) >= 11 is 1.25. The van der Waals surface area contributed by atoms with Crippen LogP contribution < -0.4 is 5.32 Å². The number of thiophene rings is 1. The van der Waals surface area contributed by atoms with Gasteiger partial charge in [-0.05, 0) is 24.3 Å². The zero-order chi connectivity index (χ0) is 14.4. The minimum Gasteiger partial charge on any atom is -0.478 e. The van der Waals surface area contributed by atoms with E-state index in [0.29, 0.717) is 18.0 Å². The molecule has 20 heavy (non-hydrogen) atoms. The van der Waals surface area contributed by atoms with E-state index in [1.807, 2.05) is 12.3 Å². The van der Waals surface area contributed by atoms with Crippen molar-refractivity contribution in [1.29, 1.82) is 0 Å². The van der Waals surface area contributed by atoms with Crippen LogP contribution in [0.5, 0.6) is 0 Å². The molecule has 0 fully saturated rings. The molecule has 2 rings (SSSR count). The van der Waals surface area contributed by atoms with Crippen LogP contribution in [0.3, 0.4) is 0 Å². The maximum absolute atomic E-state index is 11.9. The summed E-state index contributed by atoms with van der Waals surface area (Å²) < 4.78 is 1.73. The quantitative estimate of drug-likeness (QED) is 0.789. The third kappa shape index (κ3) is 4.06. The molecule has 0 aliphatic rings. The smallest absolute Gasteiger partial charge is 0.328 e. The Morgan fingerprint density at radius 1 is 1.45 bits per heavy atom. The Morgan fingerprint density at radius 3 is 3.00 bits per heavy atom. The van der Waals surface area contributed by atoms with Crippen LogP contribution >= 0.6 is 11.3 Å². The number of rotatable bonds is 6. The van der Waals surface area contributed by atoms with Gasteiger partial charge >= 0.3 is 5.97 Å². The van der Waals surface area contributed by atoms with E-state index in [0.717, 1.165) is 11.0 Å². The standard InChI is InChI=1S/C13H13N3O3S/c17-12(18)5-3-10-2-4-11(20-10)13(19)14-7-9-16-8-1-6-15-16/h1-6,8H,7,9H2,(H,14,19)(H,17,18).